The minimum Gasteiger partial charge on any atom is -0.493 e. The number of likely N-dealkylation sites (tertiary alicyclic amines) is 2. The van der Waals surface area contributed by atoms with Crippen LogP contribution in [0.15, 0.2) is 97.1 Å². The van der Waals surface area contributed by atoms with Crippen molar-refractivity contribution in [3.63, 3.8) is 0 Å². The van der Waals surface area contributed by atoms with E-state index in [-0.39, 0.29) is 17.2 Å². The van der Waals surface area contributed by atoms with E-state index in [1.807, 2.05) is 46.2 Å². The van der Waals surface area contributed by atoms with Crippen LogP contribution in [-0.4, -0.2) is 74.2 Å². The van der Waals surface area contributed by atoms with Crippen LogP contribution in [0.1, 0.15) is 81.0 Å². The van der Waals surface area contributed by atoms with Gasteiger partial charge in [0.05, 0.1) is 18.6 Å². The predicted octanol–water partition coefficient (Wildman–Crippen LogP) is 7.47. The molecular formula is C44H48N2O5. The molecule has 0 aromatic heterocycles. The van der Waals surface area contributed by atoms with Crippen molar-refractivity contribution in [3.8, 4) is 11.5 Å². The van der Waals surface area contributed by atoms with Crippen molar-refractivity contribution in [2.75, 3.05) is 52.6 Å². The second kappa shape index (κ2) is 14.9. The lowest BCUT2D eigenvalue weighted by Crippen LogP contribution is -2.40. The van der Waals surface area contributed by atoms with Gasteiger partial charge in [-0.2, -0.15) is 0 Å². The summed E-state index contributed by atoms with van der Waals surface area (Å²) in [4.78, 5) is 30.8. The number of carbonyl (C=O) groups is 2. The van der Waals surface area contributed by atoms with Crippen LogP contribution >= 0.6 is 0 Å². The molecule has 0 aliphatic carbocycles. The summed E-state index contributed by atoms with van der Waals surface area (Å²) < 4.78 is 19.0. The summed E-state index contributed by atoms with van der Waals surface area (Å²) in [5.74, 6) is 2.51. The summed E-state index contributed by atoms with van der Waals surface area (Å²) in [6, 6.07) is 33.1. The van der Waals surface area contributed by atoms with Gasteiger partial charge in [-0.3, -0.25) is 9.59 Å². The molecule has 2 fully saturated rings. The van der Waals surface area contributed by atoms with E-state index in [4.69, 9.17) is 14.2 Å². The quantitative estimate of drug-likeness (QED) is 0.173. The highest BCUT2D eigenvalue weighted by Crippen LogP contribution is 2.43. The first kappa shape index (κ1) is 33.5. The third-order valence-electron chi connectivity index (χ3n) is 11.4. The van der Waals surface area contributed by atoms with Crippen LogP contribution in [0.5, 0.6) is 11.5 Å². The zero-order valence-electron chi connectivity index (χ0n) is 29.4. The lowest BCUT2D eigenvalue weighted by atomic mass is 9.77. The number of fused-ring (bicyclic) bond motifs is 2. The Morgan fingerprint density at radius 2 is 1.35 bits per heavy atom. The lowest BCUT2D eigenvalue weighted by Gasteiger charge is -2.33. The van der Waals surface area contributed by atoms with E-state index >= 15 is 0 Å². The molecule has 2 amide bonds. The van der Waals surface area contributed by atoms with Crippen molar-refractivity contribution < 1.29 is 23.8 Å². The third kappa shape index (κ3) is 7.27. The maximum atomic E-state index is 13.6. The Kier molecular flexibility index (Phi) is 9.81. The fourth-order valence-corrected chi connectivity index (χ4v) is 8.47. The molecule has 0 radical (unpaired) electrons. The number of nitrogens with zero attached hydrogens (tertiary/aromatic N) is 2. The molecule has 2 unspecified atom stereocenters. The molecule has 2 saturated heterocycles. The Bertz CT molecular complexity index is 1830. The van der Waals surface area contributed by atoms with Gasteiger partial charge in [0.15, 0.2) is 0 Å². The minimum absolute atomic E-state index is 0.0759. The maximum Gasteiger partial charge on any atom is 0.253 e. The molecule has 8 rings (SSSR count). The summed E-state index contributed by atoms with van der Waals surface area (Å²) in [6.45, 7) is 5.44. The van der Waals surface area contributed by atoms with Gasteiger partial charge in [-0.1, -0.05) is 72.8 Å². The third-order valence-corrected chi connectivity index (χ3v) is 11.4. The Balaban J connectivity index is 0.877. The van der Waals surface area contributed by atoms with Crippen LogP contribution in [0.2, 0.25) is 0 Å². The molecule has 7 heteroatoms. The molecular weight excluding hydrogens is 636 g/mol. The maximum absolute atomic E-state index is 13.6. The standard InChI is InChI=1S/C44H48N2O5/c47-42(45-20-8-3-9-21-45)36-15-17-39-41(26-36)51-31-44(39,27-33-12-6-2-7-13-33)30-49-28-34-18-22-46(23-19-34)43(48)35-14-16-38-37(29-50-40(38)25-35)24-32-10-4-1-5-11-32/h1-2,4-7,10-17,25-26,34,37H,3,8-9,18-24,27-31H2. The van der Waals surface area contributed by atoms with Crippen molar-refractivity contribution in [2.24, 2.45) is 5.92 Å². The van der Waals surface area contributed by atoms with Crippen LogP contribution in [0.4, 0.5) is 0 Å². The highest BCUT2D eigenvalue weighted by molar-refractivity contribution is 5.95. The first-order chi connectivity index (χ1) is 25.0. The number of amides is 2. The molecule has 4 aliphatic heterocycles. The summed E-state index contributed by atoms with van der Waals surface area (Å²) in [7, 11) is 0. The normalized spacial score (nSPS) is 21.5. The average Bonchev–Trinajstić information content (AvgIpc) is 3.75. The van der Waals surface area contributed by atoms with E-state index in [0.717, 1.165) is 81.8 Å². The zero-order valence-corrected chi connectivity index (χ0v) is 29.4. The van der Waals surface area contributed by atoms with Gasteiger partial charge < -0.3 is 24.0 Å². The summed E-state index contributed by atoms with van der Waals surface area (Å²) >= 11 is 0. The van der Waals surface area contributed by atoms with Gasteiger partial charge in [0.2, 0.25) is 0 Å². The zero-order chi connectivity index (χ0) is 34.6. The summed E-state index contributed by atoms with van der Waals surface area (Å²) in [6.07, 6.45) is 6.88. The Hall–Kier alpha value is -4.62. The van der Waals surface area contributed by atoms with E-state index < -0.39 is 0 Å². The lowest BCUT2D eigenvalue weighted by molar-refractivity contribution is 0.0293. The summed E-state index contributed by atoms with van der Waals surface area (Å²) in [5, 5.41) is 0. The molecule has 51 heavy (non-hydrogen) atoms. The number of ether oxygens (including phenoxy) is 3. The summed E-state index contributed by atoms with van der Waals surface area (Å²) in [5.41, 5.74) is 5.91. The molecule has 4 aromatic carbocycles. The first-order valence-electron chi connectivity index (χ1n) is 18.8. The Labute approximate surface area is 301 Å². The number of benzene rings is 4. The molecule has 0 N–H and O–H groups in total. The second-order valence-electron chi connectivity index (χ2n) is 15.0. The van der Waals surface area contributed by atoms with Gasteiger partial charge in [0, 0.05) is 61.0 Å². The van der Waals surface area contributed by atoms with Crippen molar-refractivity contribution in [1.29, 1.82) is 0 Å². The minimum atomic E-state index is -0.338. The van der Waals surface area contributed by atoms with E-state index in [1.54, 1.807) is 0 Å². The van der Waals surface area contributed by atoms with Crippen molar-refractivity contribution in [2.45, 2.75) is 56.3 Å². The molecule has 0 spiro atoms. The highest BCUT2D eigenvalue weighted by atomic mass is 16.5. The van der Waals surface area contributed by atoms with Crippen LogP contribution in [0.25, 0.3) is 0 Å². The largest absolute Gasteiger partial charge is 0.493 e. The smallest absolute Gasteiger partial charge is 0.253 e. The van der Waals surface area contributed by atoms with Crippen LogP contribution < -0.4 is 9.47 Å². The van der Waals surface area contributed by atoms with Crippen LogP contribution in [0.3, 0.4) is 0 Å². The fourth-order valence-electron chi connectivity index (χ4n) is 8.47. The van der Waals surface area contributed by atoms with Crippen LogP contribution in [-0.2, 0) is 23.0 Å². The first-order valence-corrected chi connectivity index (χ1v) is 18.8. The molecule has 7 nitrogen and oxygen atoms in total. The average molecular weight is 685 g/mol. The SMILES string of the molecule is O=C(c1ccc2c(c1)OCC2(COCC1CCN(C(=O)c2ccc3c(c2)OCC3Cc2ccccc2)CC1)Cc1ccccc1)N1CCCCC1. The van der Waals surface area contributed by atoms with Gasteiger partial charge >= 0.3 is 0 Å². The molecule has 0 saturated carbocycles. The van der Waals surface area contributed by atoms with Gasteiger partial charge in [0.25, 0.3) is 11.8 Å². The fraction of sp³-hybridized carbons (Fsp3) is 0.409. The van der Waals surface area contributed by atoms with Gasteiger partial charge in [0.1, 0.15) is 18.1 Å². The molecule has 264 valence electrons. The molecule has 2 atom stereocenters. The monoisotopic (exact) mass is 684 g/mol. The van der Waals surface area contributed by atoms with Crippen molar-refractivity contribution >= 4 is 11.8 Å². The molecule has 4 heterocycles. The molecule has 0 bridgehead atoms. The number of carbonyl (C=O) groups excluding carboxylic acids is 2. The molecule has 4 aromatic rings. The van der Waals surface area contributed by atoms with E-state index in [9.17, 15) is 9.59 Å². The predicted molar refractivity (Wildman–Crippen MR) is 198 cm³/mol. The van der Waals surface area contributed by atoms with Crippen LogP contribution in [0, 0.1) is 5.92 Å². The number of hydrogen-bond donors (Lipinski definition) is 0. The molecule has 4 aliphatic rings. The van der Waals surface area contributed by atoms with Gasteiger partial charge in [-0.15, -0.1) is 0 Å². The van der Waals surface area contributed by atoms with E-state index in [2.05, 4.69) is 60.7 Å². The van der Waals surface area contributed by atoms with E-state index in [0.29, 0.717) is 49.4 Å². The van der Waals surface area contributed by atoms with E-state index in [1.165, 1.54) is 23.1 Å². The van der Waals surface area contributed by atoms with Crippen molar-refractivity contribution in [3.05, 3.63) is 130 Å². The van der Waals surface area contributed by atoms with Crippen molar-refractivity contribution in [1.82, 2.24) is 9.80 Å². The Morgan fingerprint density at radius 3 is 2.08 bits per heavy atom. The highest BCUT2D eigenvalue weighted by Gasteiger charge is 2.42. The van der Waals surface area contributed by atoms with Gasteiger partial charge in [-0.25, -0.2) is 0 Å². The number of rotatable bonds is 10. The second-order valence-corrected chi connectivity index (χ2v) is 15.0. The van der Waals surface area contributed by atoms with Gasteiger partial charge in [-0.05, 0) is 86.3 Å². The Morgan fingerprint density at radius 1 is 0.706 bits per heavy atom. The number of piperidine rings is 2. The number of hydrogen-bond acceptors (Lipinski definition) is 5. The topological polar surface area (TPSA) is 68.3 Å².